The molecule has 0 spiro atoms. The van der Waals surface area contributed by atoms with Crippen LogP contribution in [0.15, 0.2) is 4.52 Å². The van der Waals surface area contributed by atoms with Gasteiger partial charge in [-0.1, -0.05) is 12.1 Å². The monoisotopic (exact) mass is 227 g/mol. The lowest BCUT2D eigenvalue weighted by Gasteiger charge is -2.06. The molecule has 0 saturated carbocycles. The summed E-state index contributed by atoms with van der Waals surface area (Å²) in [6, 6.07) is 0.0324. The Morgan fingerprint density at radius 1 is 1.50 bits per heavy atom. The average Bonchev–Trinajstić information content (AvgIpc) is 2.48. The lowest BCUT2D eigenvalue weighted by Crippen LogP contribution is -2.17. The van der Waals surface area contributed by atoms with Crippen LogP contribution in [0.3, 0.4) is 0 Å². The Hall–Kier alpha value is -1.92. The Balaban J connectivity index is 2.38. The Morgan fingerprint density at radius 2 is 2.19 bits per heavy atom. The van der Waals surface area contributed by atoms with Crippen LogP contribution >= 0.6 is 0 Å². The van der Waals surface area contributed by atoms with Gasteiger partial charge in [0.25, 0.3) is 0 Å². The molecule has 1 unspecified atom stereocenters. The van der Waals surface area contributed by atoms with E-state index in [1.807, 2.05) is 0 Å². The molecule has 7 nitrogen and oxygen atoms in total. The molecule has 1 atom stereocenters. The molecule has 0 aliphatic heterocycles. The normalized spacial score (nSPS) is 12.1. The summed E-state index contributed by atoms with van der Waals surface area (Å²) in [5, 5.41) is 14.4. The zero-order chi connectivity index (χ0) is 12.1. The highest BCUT2D eigenvalue weighted by atomic mass is 16.5. The van der Waals surface area contributed by atoms with Crippen molar-refractivity contribution < 1.29 is 19.2 Å². The lowest BCUT2D eigenvalue weighted by molar-refractivity contribution is -0.138. The van der Waals surface area contributed by atoms with Crippen LogP contribution in [0.25, 0.3) is 0 Å². The number of anilines is 1. The second-order valence-corrected chi connectivity index (χ2v) is 3.60. The van der Waals surface area contributed by atoms with Crippen LogP contribution in [0.2, 0.25) is 0 Å². The van der Waals surface area contributed by atoms with Gasteiger partial charge in [-0.2, -0.15) is 4.98 Å². The van der Waals surface area contributed by atoms with E-state index in [0.29, 0.717) is 5.82 Å². The van der Waals surface area contributed by atoms with Crippen molar-refractivity contribution in [2.24, 2.45) is 5.92 Å². The highest BCUT2D eigenvalue weighted by molar-refractivity contribution is 5.88. The number of nitrogens with zero attached hydrogens (tertiary/aromatic N) is 2. The summed E-state index contributed by atoms with van der Waals surface area (Å²) in [6.45, 7) is 3.32. The maximum atomic E-state index is 11.4. The van der Waals surface area contributed by atoms with E-state index in [2.05, 4.69) is 20.0 Å². The number of rotatable bonds is 5. The number of aryl methyl sites for hydroxylation is 1. The fourth-order valence-electron chi connectivity index (χ4n) is 1.20. The first kappa shape index (κ1) is 12.2. The van der Waals surface area contributed by atoms with E-state index in [-0.39, 0.29) is 30.7 Å². The van der Waals surface area contributed by atoms with Crippen molar-refractivity contribution in [1.29, 1.82) is 0 Å². The maximum absolute atomic E-state index is 11.4. The van der Waals surface area contributed by atoms with Gasteiger partial charge < -0.3 is 9.63 Å². The number of carbonyl (C=O) groups excluding carboxylic acids is 1. The fraction of sp³-hybridized carbons (Fsp3) is 0.556. The van der Waals surface area contributed by atoms with Crippen LogP contribution in [-0.4, -0.2) is 27.1 Å². The number of hydrogen-bond donors (Lipinski definition) is 2. The Labute approximate surface area is 91.8 Å². The fourth-order valence-corrected chi connectivity index (χ4v) is 1.20. The molecule has 0 fully saturated rings. The largest absolute Gasteiger partial charge is 0.481 e. The summed E-state index contributed by atoms with van der Waals surface area (Å²) >= 11 is 0. The van der Waals surface area contributed by atoms with Gasteiger partial charge in [-0.3, -0.25) is 14.9 Å². The standard InChI is InChI=1S/C9H13N3O4/c1-5(4-8(14)15)3-7(13)11-9-10-6(2)12-16-9/h5H,3-4H2,1-2H3,(H,14,15)(H,10,11,12,13). The second-order valence-electron chi connectivity index (χ2n) is 3.60. The van der Waals surface area contributed by atoms with E-state index in [1.54, 1.807) is 13.8 Å². The molecule has 1 aromatic rings. The van der Waals surface area contributed by atoms with Gasteiger partial charge in [0.1, 0.15) is 0 Å². The molecular weight excluding hydrogens is 214 g/mol. The third-order valence-corrected chi connectivity index (χ3v) is 1.83. The summed E-state index contributed by atoms with van der Waals surface area (Å²) in [6.07, 6.45) is 0.0595. The topological polar surface area (TPSA) is 105 Å². The molecule has 0 bridgehead atoms. The number of nitrogens with one attached hydrogen (secondary N) is 1. The minimum atomic E-state index is -0.922. The highest BCUT2D eigenvalue weighted by Gasteiger charge is 2.14. The third-order valence-electron chi connectivity index (χ3n) is 1.83. The summed E-state index contributed by atoms with van der Waals surface area (Å²) in [5.41, 5.74) is 0. The number of hydrogen-bond acceptors (Lipinski definition) is 5. The molecular formula is C9H13N3O4. The molecule has 7 heteroatoms. The number of carboxylic acids is 1. The van der Waals surface area contributed by atoms with Gasteiger partial charge in [0.05, 0.1) is 0 Å². The average molecular weight is 227 g/mol. The summed E-state index contributed by atoms with van der Waals surface area (Å²) in [7, 11) is 0. The van der Waals surface area contributed by atoms with E-state index in [9.17, 15) is 9.59 Å². The van der Waals surface area contributed by atoms with Crippen LogP contribution in [0.4, 0.5) is 6.01 Å². The van der Waals surface area contributed by atoms with Crippen LogP contribution in [0.1, 0.15) is 25.6 Å². The molecule has 0 aliphatic rings. The van der Waals surface area contributed by atoms with Gasteiger partial charge in [0.15, 0.2) is 5.82 Å². The number of aromatic nitrogens is 2. The first-order valence-electron chi connectivity index (χ1n) is 4.79. The third kappa shape index (κ3) is 4.07. The van der Waals surface area contributed by atoms with Crippen molar-refractivity contribution in [3.63, 3.8) is 0 Å². The molecule has 88 valence electrons. The first-order valence-corrected chi connectivity index (χ1v) is 4.79. The molecule has 2 N–H and O–H groups in total. The van der Waals surface area contributed by atoms with Crippen molar-refractivity contribution in [3.8, 4) is 0 Å². The highest BCUT2D eigenvalue weighted by Crippen LogP contribution is 2.09. The van der Waals surface area contributed by atoms with Gasteiger partial charge in [-0.05, 0) is 12.8 Å². The summed E-state index contributed by atoms with van der Waals surface area (Å²) in [5.74, 6) is -1.07. The molecule has 0 saturated heterocycles. The second kappa shape index (κ2) is 5.24. The van der Waals surface area contributed by atoms with Crippen molar-refractivity contribution in [3.05, 3.63) is 5.82 Å². The van der Waals surface area contributed by atoms with E-state index in [1.165, 1.54) is 0 Å². The predicted molar refractivity (Wildman–Crippen MR) is 53.7 cm³/mol. The van der Waals surface area contributed by atoms with E-state index >= 15 is 0 Å². The number of carboxylic acid groups (broad SMARTS) is 1. The number of aliphatic carboxylic acids is 1. The Morgan fingerprint density at radius 3 is 2.69 bits per heavy atom. The van der Waals surface area contributed by atoms with Crippen molar-refractivity contribution >= 4 is 17.9 Å². The summed E-state index contributed by atoms with van der Waals surface area (Å²) in [4.78, 5) is 25.6. The van der Waals surface area contributed by atoms with Crippen LogP contribution in [0, 0.1) is 12.8 Å². The predicted octanol–water partition coefficient (Wildman–Crippen LogP) is 0.817. The van der Waals surface area contributed by atoms with Crippen molar-refractivity contribution in [2.45, 2.75) is 26.7 Å². The first-order chi connectivity index (χ1) is 7.47. The molecule has 1 rings (SSSR count). The molecule has 0 aromatic carbocycles. The Kier molecular flexibility index (Phi) is 3.98. The molecule has 0 aliphatic carbocycles. The van der Waals surface area contributed by atoms with Gasteiger partial charge in [-0.15, -0.1) is 0 Å². The SMILES string of the molecule is Cc1noc(NC(=O)CC(C)CC(=O)O)n1. The quantitative estimate of drug-likeness (QED) is 0.771. The van der Waals surface area contributed by atoms with Crippen LogP contribution < -0.4 is 5.32 Å². The van der Waals surface area contributed by atoms with E-state index < -0.39 is 5.97 Å². The van der Waals surface area contributed by atoms with Gasteiger partial charge in [0.2, 0.25) is 5.91 Å². The van der Waals surface area contributed by atoms with Gasteiger partial charge >= 0.3 is 12.0 Å². The van der Waals surface area contributed by atoms with Crippen LogP contribution in [-0.2, 0) is 9.59 Å². The smallest absolute Gasteiger partial charge is 0.328 e. The minimum absolute atomic E-state index is 0.0324. The zero-order valence-electron chi connectivity index (χ0n) is 9.06. The maximum Gasteiger partial charge on any atom is 0.328 e. The molecule has 1 amide bonds. The van der Waals surface area contributed by atoms with E-state index in [4.69, 9.17) is 5.11 Å². The minimum Gasteiger partial charge on any atom is -0.481 e. The lowest BCUT2D eigenvalue weighted by atomic mass is 10.0. The molecule has 0 radical (unpaired) electrons. The van der Waals surface area contributed by atoms with E-state index in [0.717, 1.165) is 0 Å². The van der Waals surface area contributed by atoms with Crippen LogP contribution in [0.5, 0.6) is 0 Å². The van der Waals surface area contributed by atoms with Crippen molar-refractivity contribution in [1.82, 2.24) is 10.1 Å². The molecule has 1 aromatic heterocycles. The van der Waals surface area contributed by atoms with Crippen molar-refractivity contribution in [2.75, 3.05) is 5.32 Å². The summed E-state index contributed by atoms with van der Waals surface area (Å²) < 4.78 is 4.69. The molecule has 1 heterocycles. The molecule has 16 heavy (non-hydrogen) atoms. The Bertz CT molecular complexity index is 388. The van der Waals surface area contributed by atoms with Gasteiger partial charge in [-0.25, -0.2) is 0 Å². The number of carbonyl (C=O) groups is 2. The zero-order valence-corrected chi connectivity index (χ0v) is 9.06. The number of amides is 1. The van der Waals surface area contributed by atoms with Gasteiger partial charge in [0, 0.05) is 12.8 Å².